The lowest BCUT2D eigenvalue weighted by Crippen LogP contribution is -2.53. The molecule has 13 nitrogen and oxygen atoms in total. The summed E-state index contributed by atoms with van der Waals surface area (Å²) in [5.74, 6) is -0.724. The molecule has 2 aromatic heterocycles. The van der Waals surface area contributed by atoms with Crippen molar-refractivity contribution in [2.75, 3.05) is 20.1 Å². The fourth-order valence-electron chi connectivity index (χ4n) is 5.10. The number of carbonyl (C=O) groups excluding carboxylic acids is 5. The van der Waals surface area contributed by atoms with Crippen molar-refractivity contribution in [3.63, 3.8) is 0 Å². The van der Waals surface area contributed by atoms with E-state index >= 15 is 0 Å². The molecule has 15 heteroatoms. The summed E-state index contributed by atoms with van der Waals surface area (Å²) >= 11 is 2.94. The molecule has 0 unspecified atom stereocenters. The Labute approximate surface area is 288 Å². The SMILES string of the molecule is CC(C)c1nc(CN(C)C(=O)N[C@@H](CCN2C(=O)CCC2=O)C(=O)N[C@H](CCCNC(=O)OCc2cncs2)Cc2ccccc2)cs1. The highest BCUT2D eigenvalue weighted by atomic mass is 32.1. The molecule has 1 aromatic carbocycles. The fourth-order valence-corrected chi connectivity index (χ4v) is 6.43. The van der Waals surface area contributed by atoms with Crippen LogP contribution >= 0.6 is 22.7 Å². The van der Waals surface area contributed by atoms with Crippen LogP contribution in [0.1, 0.15) is 73.0 Å². The summed E-state index contributed by atoms with van der Waals surface area (Å²) in [6, 6.07) is 7.87. The molecular formula is C33H43N7O6S2. The lowest BCUT2D eigenvalue weighted by atomic mass is 10.0. The molecule has 0 aliphatic carbocycles. The monoisotopic (exact) mass is 697 g/mol. The van der Waals surface area contributed by atoms with E-state index in [4.69, 9.17) is 4.74 Å². The Morgan fingerprint density at radius 1 is 1.04 bits per heavy atom. The van der Waals surface area contributed by atoms with Crippen molar-refractivity contribution < 1.29 is 28.7 Å². The molecule has 48 heavy (non-hydrogen) atoms. The quantitative estimate of drug-likeness (QED) is 0.140. The molecule has 0 bridgehead atoms. The third-order valence-electron chi connectivity index (χ3n) is 7.72. The third kappa shape index (κ3) is 11.4. The van der Waals surface area contributed by atoms with Crippen LogP contribution in [0.15, 0.2) is 47.4 Å². The Kier molecular flexibility index (Phi) is 13.9. The Morgan fingerprint density at radius 2 is 1.79 bits per heavy atom. The molecule has 0 saturated carbocycles. The summed E-state index contributed by atoms with van der Waals surface area (Å²) in [6.07, 6.45) is 3.05. The molecule has 1 saturated heterocycles. The van der Waals surface area contributed by atoms with Crippen LogP contribution in [0.3, 0.4) is 0 Å². The van der Waals surface area contributed by atoms with Crippen molar-refractivity contribution in [2.24, 2.45) is 0 Å². The number of hydrogen-bond acceptors (Lipinski definition) is 10. The summed E-state index contributed by atoms with van der Waals surface area (Å²) in [6.45, 7) is 4.85. The first-order valence-corrected chi connectivity index (χ1v) is 17.8. The van der Waals surface area contributed by atoms with E-state index in [1.807, 2.05) is 35.7 Å². The number of alkyl carbamates (subject to hydrolysis) is 1. The van der Waals surface area contributed by atoms with Gasteiger partial charge in [-0.3, -0.25) is 24.3 Å². The minimum absolute atomic E-state index is 0.0144. The van der Waals surface area contributed by atoms with Gasteiger partial charge in [0.2, 0.25) is 17.7 Å². The minimum Gasteiger partial charge on any atom is -0.444 e. The molecule has 3 heterocycles. The maximum absolute atomic E-state index is 13.8. The molecule has 6 amide bonds. The first-order valence-electron chi connectivity index (χ1n) is 16.0. The normalized spacial score (nSPS) is 14.1. The summed E-state index contributed by atoms with van der Waals surface area (Å²) in [4.78, 5) is 75.9. The zero-order chi connectivity index (χ0) is 34.5. The Morgan fingerprint density at radius 3 is 2.46 bits per heavy atom. The molecule has 1 fully saturated rings. The fraction of sp³-hybridized carbons (Fsp3) is 0.485. The second-order valence-electron chi connectivity index (χ2n) is 11.9. The lowest BCUT2D eigenvalue weighted by molar-refractivity contribution is -0.139. The van der Waals surface area contributed by atoms with E-state index in [1.165, 1.54) is 27.6 Å². The highest BCUT2D eigenvalue weighted by Crippen LogP contribution is 2.20. The molecule has 1 aliphatic rings. The van der Waals surface area contributed by atoms with E-state index in [2.05, 4.69) is 39.8 Å². The third-order valence-corrected chi connectivity index (χ3v) is 9.67. The van der Waals surface area contributed by atoms with Crippen molar-refractivity contribution in [1.29, 1.82) is 0 Å². The van der Waals surface area contributed by atoms with Crippen molar-refractivity contribution >= 4 is 52.5 Å². The van der Waals surface area contributed by atoms with Crippen LogP contribution in [0.4, 0.5) is 9.59 Å². The van der Waals surface area contributed by atoms with Gasteiger partial charge in [0.05, 0.1) is 27.6 Å². The predicted molar refractivity (Wildman–Crippen MR) is 182 cm³/mol. The Bertz CT molecular complexity index is 1500. The highest BCUT2D eigenvalue weighted by Gasteiger charge is 2.32. The van der Waals surface area contributed by atoms with Gasteiger partial charge in [-0.15, -0.1) is 22.7 Å². The predicted octanol–water partition coefficient (Wildman–Crippen LogP) is 4.21. The maximum Gasteiger partial charge on any atom is 0.407 e. The van der Waals surface area contributed by atoms with Crippen LogP contribution in [-0.4, -0.2) is 81.8 Å². The zero-order valence-corrected chi connectivity index (χ0v) is 29.1. The average Bonchev–Trinajstić information content (AvgIpc) is 3.83. The minimum atomic E-state index is -1.01. The highest BCUT2D eigenvalue weighted by molar-refractivity contribution is 7.09. The van der Waals surface area contributed by atoms with Gasteiger partial charge in [-0.1, -0.05) is 44.2 Å². The Hall–Kier alpha value is -4.37. The molecule has 3 aromatic rings. The second-order valence-corrected chi connectivity index (χ2v) is 13.8. The van der Waals surface area contributed by atoms with Crippen LogP contribution in [0.25, 0.3) is 0 Å². The summed E-state index contributed by atoms with van der Waals surface area (Å²) in [5, 5.41) is 11.5. The summed E-state index contributed by atoms with van der Waals surface area (Å²) < 4.78 is 5.23. The van der Waals surface area contributed by atoms with Crippen molar-refractivity contribution in [2.45, 2.75) is 83.5 Å². The number of imide groups is 1. The van der Waals surface area contributed by atoms with Gasteiger partial charge < -0.3 is 25.6 Å². The topological polar surface area (TPSA) is 163 Å². The number of carbonyl (C=O) groups is 5. The second kappa shape index (κ2) is 18.2. The molecular weight excluding hydrogens is 655 g/mol. The van der Waals surface area contributed by atoms with Crippen molar-refractivity contribution in [3.8, 4) is 0 Å². The van der Waals surface area contributed by atoms with E-state index in [0.29, 0.717) is 25.8 Å². The van der Waals surface area contributed by atoms with Gasteiger partial charge in [0.15, 0.2) is 0 Å². The van der Waals surface area contributed by atoms with Gasteiger partial charge >= 0.3 is 12.1 Å². The van der Waals surface area contributed by atoms with E-state index < -0.39 is 24.1 Å². The zero-order valence-electron chi connectivity index (χ0n) is 27.5. The van der Waals surface area contributed by atoms with Gasteiger partial charge in [-0.25, -0.2) is 14.6 Å². The molecule has 2 atom stereocenters. The standard InChI is InChI=1S/C33H43N7O6S2/c1-22(2)31-37-25(20-47-31)18-39(3)32(44)38-27(13-15-40-28(41)11-12-29(40)42)30(43)36-24(16-23-8-5-4-6-9-23)10-7-14-35-33(45)46-19-26-17-34-21-48-26/h4-6,8-9,17,20-22,24,27H,7,10-16,18-19H2,1-3H3,(H,35,45)(H,36,43)(H,38,44)/t24-,27+/m1/s1. The number of thiazole rings is 2. The summed E-state index contributed by atoms with van der Waals surface area (Å²) in [5.41, 5.74) is 3.43. The molecule has 0 radical (unpaired) electrons. The number of amides is 6. The first kappa shape index (κ1) is 36.5. The van der Waals surface area contributed by atoms with E-state index in [9.17, 15) is 24.0 Å². The average molecular weight is 698 g/mol. The molecule has 1 aliphatic heterocycles. The maximum atomic E-state index is 13.8. The van der Waals surface area contributed by atoms with Gasteiger partial charge in [0, 0.05) is 56.5 Å². The Balaban J connectivity index is 1.38. The van der Waals surface area contributed by atoms with Crippen molar-refractivity contribution in [1.82, 2.24) is 35.7 Å². The number of nitrogens with one attached hydrogen (secondary N) is 3. The number of hydrogen-bond donors (Lipinski definition) is 3. The summed E-state index contributed by atoms with van der Waals surface area (Å²) in [7, 11) is 1.62. The molecule has 258 valence electrons. The number of aromatic nitrogens is 2. The van der Waals surface area contributed by atoms with Crippen molar-refractivity contribution in [3.05, 3.63) is 68.6 Å². The van der Waals surface area contributed by atoms with Gasteiger partial charge in [-0.05, 0) is 31.2 Å². The number of nitrogens with zero attached hydrogens (tertiary/aromatic N) is 4. The largest absolute Gasteiger partial charge is 0.444 e. The van der Waals surface area contributed by atoms with Gasteiger partial charge in [0.25, 0.3) is 0 Å². The number of benzene rings is 1. The number of likely N-dealkylation sites (tertiary alicyclic amines) is 1. The van der Waals surface area contributed by atoms with Gasteiger partial charge in [-0.2, -0.15) is 0 Å². The van der Waals surface area contributed by atoms with Crippen LogP contribution in [0.5, 0.6) is 0 Å². The van der Waals surface area contributed by atoms with Crippen LogP contribution in [0, 0.1) is 0 Å². The van der Waals surface area contributed by atoms with Crippen LogP contribution in [-0.2, 0) is 38.7 Å². The van der Waals surface area contributed by atoms with E-state index in [1.54, 1.807) is 18.8 Å². The smallest absolute Gasteiger partial charge is 0.407 e. The molecule has 0 spiro atoms. The van der Waals surface area contributed by atoms with Crippen LogP contribution in [0.2, 0.25) is 0 Å². The molecule has 3 N–H and O–H groups in total. The van der Waals surface area contributed by atoms with Gasteiger partial charge in [0.1, 0.15) is 12.6 Å². The van der Waals surface area contributed by atoms with E-state index in [-0.39, 0.29) is 62.7 Å². The first-order chi connectivity index (χ1) is 23.1. The number of ether oxygens (including phenoxy) is 1. The number of urea groups is 1. The van der Waals surface area contributed by atoms with E-state index in [0.717, 1.165) is 26.0 Å². The number of rotatable bonds is 17. The molecule has 4 rings (SSSR count). The lowest BCUT2D eigenvalue weighted by Gasteiger charge is -2.27. The van der Waals surface area contributed by atoms with Crippen LogP contribution < -0.4 is 16.0 Å².